The van der Waals surface area contributed by atoms with Crippen LogP contribution in [-0.4, -0.2) is 64.5 Å². The first-order valence-corrected chi connectivity index (χ1v) is 10.1. The van der Waals surface area contributed by atoms with E-state index in [2.05, 4.69) is 22.3 Å². The SMILES string of the molecule is O=C1NCCN(Cc2ccccc2)C1CC(=O)N1CCC(C2(O)CC2)CC1. The van der Waals surface area contributed by atoms with E-state index in [0.29, 0.717) is 32.1 Å². The van der Waals surface area contributed by atoms with Gasteiger partial charge in [0.25, 0.3) is 0 Å². The quantitative estimate of drug-likeness (QED) is 0.814. The maximum absolute atomic E-state index is 12.8. The molecular weight excluding hydrogens is 342 g/mol. The smallest absolute Gasteiger partial charge is 0.237 e. The number of piperazine rings is 1. The van der Waals surface area contributed by atoms with Crippen LogP contribution in [0.2, 0.25) is 0 Å². The van der Waals surface area contributed by atoms with Crippen molar-refractivity contribution in [1.29, 1.82) is 0 Å². The van der Waals surface area contributed by atoms with Crippen molar-refractivity contribution in [2.75, 3.05) is 26.2 Å². The number of aliphatic hydroxyl groups is 1. The first-order chi connectivity index (χ1) is 13.0. The zero-order valence-corrected chi connectivity index (χ0v) is 15.8. The first kappa shape index (κ1) is 18.4. The van der Waals surface area contributed by atoms with Gasteiger partial charge in [0.15, 0.2) is 0 Å². The van der Waals surface area contributed by atoms with Gasteiger partial charge >= 0.3 is 0 Å². The number of hydrogen-bond donors (Lipinski definition) is 2. The lowest BCUT2D eigenvalue weighted by atomic mass is 9.89. The second-order valence-electron chi connectivity index (χ2n) is 8.23. The number of hydrogen-bond acceptors (Lipinski definition) is 4. The van der Waals surface area contributed by atoms with Gasteiger partial charge in [0.05, 0.1) is 18.1 Å². The van der Waals surface area contributed by atoms with Crippen LogP contribution < -0.4 is 5.32 Å². The van der Waals surface area contributed by atoms with E-state index in [0.717, 1.165) is 37.8 Å². The Morgan fingerprint density at radius 3 is 2.52 bits per heavy atom. The molecule has 3 fully saturated rings. The van der Waals surface area contributed by atoms with Crippen LogP contribution in [0.1, 0.15) is 37.7 Å². The van der Waals surface area contributed by atoms with Gasteiger partial charge in [-0.15, -0.1) is 0 Å². The minimum absolute atomic E-state index is 0.0484. The van der Waals surface area contributed by atoms with Crippen LogP contribution in [0.25, 0.3) is 0 Å². The Labute approximate surface area is 160 Å². The summed E-state index contributed by atoms with van der Waals surface area (Å²) in [5.41, 5.74) is 0.702. The lowest BCUT2D eigenvalue weighted by molar-refractivity contribution is -0.140. The molecule has 0 spiro atoms. The maximum atomic E-state index is 12.8. The Hall–Kier alpha value is -1.92. The van der Waals surface area contributed by atoms with E-state index in [9.17, 15) is 14.7 Å². The summed E-state index contributed by atoms with van der Waals surface area (Å²) in [7, 11) is 0. The molecule has 2 aliphatic heterocycles. The van der Waals surface area contributed by atoms with Gasteiger partial charge < -0.3 is 15.3 Å². The molecule has 4 rings (SSSR count). The van der Waals surface area contributed by atoms with Gasteiger partial charge in [-0.05, 0) is 37.2 Å². The number of rotatable bonds is 5. The van der Waals surface area contributed by atoms with E-state index in [4.69, 9.17) is 0 Å². The highest BCUT2D eigenvalue weighted by Gasteiger charge is 2.48. The number of amides is 2. The molecule has 2 N–H and O–H groups in total. The topological polar surface area (TPSA) is 72.9 Å². The molecule has 27 heavy (non-hydrogen) atoms. The monoisotopic (exact) mass is 371 g/mol. The third kappa shape index (κ3) is 4.17. The average Bonchev–Trinajstić information content (AvgIpc) is 3.44. The van der Waals surface area contributed by atoms with Crippen molar-refractivity contribution < 1.29 is 14.7 Å². The predicted octanol–water partition coefficient (Wildman–Crippen LogP) is 1.14. The van der Waals surface area contributed by atoms with Crippen molar-refractivity contribution in [1.82, 2.24) is 15.1 Å². The highest BCUT2D eigenvalue weighted by molar-refractivity contribution is 5.88. The van der Waals surface area contributed by atoms with Crippen LogP contribution in [-0.2, 0) is 16.1 Å². The van der Waals surface area contributed by atoms with Crippen LogP contribution in [0.15, 0.2) is 30.3 Å². The van der Waals surface area contributed by atoms with E-state index in [-0.39, 0.29) is 18.2 Å². The van der Waals surface area contributed by atoms with Crippen molar-refractivity contribution in [2.24, 2.45) is 5.92 Å². The summed E-state index contributed by atoms with van der Waals surface area (Å²) in [6.45, 7) is 3.45. The molecule has 2 heterocycles. The molecule has 2 saturated heterocycles. The van der Waals surface area contributed by atoms with Crippen molar-refractivity contribution in [3.63, 3.8) is 0 Å². The van der Waals surface area contributed by atoms with Crippen LogP contribution >= 0.6 is 0 Å². The molecule has 6 nitrogen and oxygen atoms in total. The van der Waals surface area contributed by atoms with Crippen molar-refractivity contribution >= 4 is 11.8 Å². The largest absolute Gasteiger partial charge is 0.390 e. The number of carbonyl (C=O) groups excluding carboxylic acids is 2. The second-order valence-corrected chi connectivity index (χ2v) is 8.23. The molecule has 2 amide bonds. The Kier molecular flexibility index (Phi) is 5.19. The minimum atomic E-state index is -0.453. The fourth-order valence-corrected chi connectivity index (χ4v) is 4.49. The molecule has 0 aromatic heterocycles. The molecule has 1 unspecified atom stereocenters. The van der Waals surface area contributed by atoms with Crippen molar-refractivity contribution in [2.45, 2.75) is 50.3 Å². The summed E-state index contributed by atoms with van der Waals surface area (Å²) in [5, 5.41) is 13.2. The molecule has 1 aromatic carbocycles. The van der Waals surface area contributed by atoms with Crippen LogP contribution in [0, 0.1) is 5.92 Å². The molecule has 3 aliphatic rings. The Balaban J connectivity index is 1.35. The fraction of sp³-hybridized carbons (Fsp3) is 0.619. The predicted molar refractivity (Wildman–Crippen MR) is 102 cm³/mol. The van der Waals surface area contributed by atoms with Crippen LogP contribution in [0.5, 0.6) is 0 Å². The zero-order chi connectivity index (χ0) is 18.9. The summed E-state index contributed by atoms with van der Waals surface area (Å²) >= 11 is 0. The minimum Gasteiger partial charge on any atom is -0.390 e. The molecule has 1 aromatic rings. The number of benzene rings is 1. The van der Waals surface area contributed by atoms with Gasteiger partial charge in [-0.1, -0.05) is 30.3 Å². The van der Waals surface area contributed by atoms with Crippen LogP contribution in [0.3, 0.4) is 0 Å². The molecule has 0 radical (unpaired) electrons. The Bertz CT molecular complexity index is 681. The number of carbonyl (C=O) groups is 2. The van der Waals surface area contributed by atoms with Crippen LogP contribution in [0.4, 0.5) is 0 Å². The first-order valence-electron chi connectivity index (χ1n) is 10.1. The summed E-state index contributed by atoms with van der Waals surface area (Å²) < 4.78 is 0. The highest BCUT2D eigenvalue weighted by atomic mass is 16.3. The number of nitrogens with one attached hydrogen (secondary N) is 1. The van der Waals surface area contributed by atoms with E-state index < -0.39 is 11.6 Å². The van der Waals surface area contributed by atoms with Gasteiger partial charge in [0, 0.05) is 32.7 Å². The zero-order valence-electron chi connectivity index (χ0n) is 15.8. The molecule has 0 bridgehead atoms. The summed E-state index contributed by atoms with van der Waals surface area (Å²) in [4.78, 5) is 29.3. The van der Waals surface area contributed by atoms with E-state index in [1.807, 2.05) is 23.1 Å². The number of nitrogens with zero attached hydrogens (tertiary/aromatic N) is 2. The third-order valence-electron chi connectivity index (χ3n) is 6.41. The third-order valence-corrected chi connectivity index (χ3v) is 6.41. The second kappa shape index (κ2) is 7.60. The molecule has 146 valence electrons. The Morgan fingerprint density at radius 2 is 1.85 bits per heavy atom. The number of piperidine rings is 1. The molecule has 1 aliphatic carbocycles. The van der Waals surface area contributed by atoms with Gasteiger partial charge in [-0.25, -0.2) is 0 Å². The molecular formula is C21H29N3O3. The maximum Gasteiger partial charge on any atom is 0.237 e. The van der Waals surface area contributed by atoms with E-state index in [1.165, 1.54) is 0 Å². The van der Waals surface area contributed by atoms with Gasteiger partial charge in [0.2, 0.25) is 11.8 Å². The van der Waals surface area contributed by atoms with E-state index in [1.54, 1.807) is 0 Å². The molecule has 1 atom stereocenters. The van der Waals surface area contributed by atoms with Crippen molar-refractivity contribution in [3.8, 4) is 0 Å². The highest BCUT2D eigenvalue weighted by Crippen LogP contribution is 2.46. The lowest BCUT2D eigenvalue weighted by Gasteiger charge is -2.38. The molecule has 1 saturated carbocycles. The molecule has 6 heteroatoms. The normalized spacial score (nSPS) is 25.9. The Morgan fingerprint density at radius 1 is 1.15 bits per heavy atom. The van der Waals surface area contributed by atoms with Gasteiger partial charge in [-0.3, -0.25) is 14.5 Å². The lowest BCUT2D eigenvalue weighted by Crippen LogP contribution is -2.56. The van der Waals surface area contributed by atoms with Gasteiger partial charge in [-0.2, -0.15) is 0 Å². The fourth-order valence-electron chi connectivity index (χ4n) is 4.49. The van der Waals surface area contributed by atoms with Crippen molar-refractivity contribution in [3.05, 3.63) is 35.9 Å². The summed E-state index contributed by atoms with van der Waals surface area (Å²) in [5.74, 6) is 0.332. The number of likely N-dealkylation sites (tertiary alicyclic amines) is 1. The average molecular weight is 371 g/mol. The van der Waals surface area contributed by atoms with Gasteiger partial charge in [0.1, 0.15) is 0 Å². The standard InChI is InChI=1S/C21H29N3O3/c25-19(23-11-6-17(7-12-23)21(27)8-9-21)14-18-20(26)22-10-13-24(18)15-16-4-2-1-3-5-16/h1-5,17-18,27H,6-15H2,(H,22,26). The summed E-state index contributed by atoms with van der Waals surface area (Å²) in [6, 6.07) is 9.68. The van der Waals surface area contributed by atoms with E-state index >= 15 is 0 Å². The summed E-state index contributed by atoms with van der Waals surface area (Å²) in [6.07, 6.45) is 3.78.